The lowest BCUT2D eigenvalue weighted by Crippen LogP contribution is -2.45. The minimum atomic E-state index is -3.68. The summed E-state index contributed by atoms with van der Waals surface area (Å²) in [5, 5.41) is 2.76. The summed E-state index contributed by atoms with van der Waals surface area (Å²) in [7, 11) is -0.731. The van der Waals surface area contributed by atoms with Gasteiger partial charge in [-0.3, -0.25) is 4.79 Å². The Bertz CT molecular complexity index is 690. The van der Waals surface area contributed by atoms with Gasteiger partial charge in [-0.15, -0.1) is 0 Å². The Morgan fingerprint density at radius 1 is 1.29 bits per heavy atom. The second-order valence-corrected chi connectivity index (χ2v) is 7.55. The van der Waals surface area contributed by atoms with Crippen LogP contribution in [-0.4, -0.2) is 52.5 Å². The summed E-state index contributed by atoms with van der Waals surface area (Å²) in [5.74, 6) is 0.421. The Kier molecular flexibility index (Phi) is 6.06. The third-order valence-corrected chi connectivity index (χ3v) is 5.96. The van der Waals surface area contributed by atoms with Gasteiger partial charge in [0.1, 0.15) is 0 Å². The molecule has 1 heterocycles. The smallest absolute Gasteiger partial charge is 0.243 e. The lowest BCUT2D eigenvalue weighted by Gasteiger charge is -2.31. The van der Waals surface area contributed by atoms with Crippen LogP contribution in [0.2, 0.25) is 0 Å². The number of carbonyl (C=O) groups is 1. The fourth-order valence-corrected chi connectivity index (χ4v) is 4.36. The molecular formula is C16H24N2O5S. The first kappa shape index (κ1) is 18.5. The zero-order valence-corrected chi connectivity index (χ0v) is 15.1. The maximum absolute atomic E-state index is 12.9. The number of hydrogen-bond donors (Lipinski definition) is 1. The minimum Gasteiger partial charge on any atom is -0.493 e. The molecule has 1 atom stereocenters. The van der Waals surface area contributed by atoms with Crippen molar-refractivity contribution in [3.05, 3.63) is 18.2 Å². The van der Waals surface area contributed by atoms with E-state index in [1.165, 1.54) is 30.7 Å². The number of piperidine rings is 1. The fraction of sp³-hybridized carbons (Fsp3) is 0.562. The van der Waals surface area contributed by atoms with E-state index in [0.717, 1.165) is 0 Å². The average Bonchev–Trinajstić information content (AvgIpc) is 2.61. The van der Waals surface area contributed by atoms with Crippen molar-refractivity contribution in [1.29, 1.82) is 0 Å². The van der Waals surface area contributed by atoms with Crippen molar-refractivity contribution >= 4 is 15.9 Å². The maximum Gasteiger partial charge on any atom is 0.243 e. The van der Waals surface area contributed by atoms with Gasteiger partial charge in [0, 0.05) is 25.7 Å². The first-order valence-corrected chi connectivity index (χ1v) is 9.38. The molecule has 7 nitrogen and oxygen atoms in total. The molecule has 0 aromatic heterocycles. The molecule has 1 fully saturated rings. The number of methoxy groups -OCH3 is 2. The highest BCUT2D eigenvalue weighted by Crippen LogP contribution is 2.32. The molecular weight excluding hydrogens is 332 g/mol. The molecule has 24 heavy (non-hydrogen) atoms. The summed E-state index contributed by atoms with van der Waals surface area (Å²) < 4.78 is 37.4. The van der Waals surface area contributed by atoms with Crippen molar-refractivity contribution in [3.8, 4) is 11.5 Å². The highest BCUT2D eigenvalue weighted by atomic mass is 32.2. The standard InChI is InChI=1S/C16H24N2O5S/c1-4-17-16(19)12-6-5-9-18(11-12)24(20,21)13-7-8-14(22-2)15(10-13)23-3/h7-8,10,12H,4-6,9,11H2,1-3H3,(H,17,19)/t12-/m0/s1. The van der Waals surface area contributed by atoms with E-state index in [0.29, 0.717) is 37.4 Å². The fourth-order valence-electron chi connectivity index (χ4n) is 2.82. The van der Waals surface area contributed by atoms with Crippen molar-refractivity contribution in [2.24, 2.45) is 5.92 Å². The van der Waals surface area contributed by atoms with Gasteiger partial charge in [0.15, 0.2) is 11.5 Å². The first-order chi connectivity index (χ1) is 11.4. The van der Waals surface area contributed by atoms with E-state index in [-0.39, 0.29) is 23.3 Å². The number of benzene rings is 1. The van der Waals surface area contributed by atoms with Gasteiger partial charge in [0.2, 0.25) is 15.9 Å². The molecule has 0 saturated carbocycles. The zero-order valence-electron chi connectivity index (χ0n) is 14.2. The van der Waals surface area contributed by atoms with Crippen LogP contribution < -0.4 is 14.8 Å². The average molecular weight is 356 g/mol. The molecule has 1 aliphatic rings. The van der Waals surface area contributed by atoms with Crippen LogP contribution in [-0.2, 0) is 14.8 Å². The summed E-state index contributed by atoms with van der Waals surface area (Å²) in [6.07, 6.45) is 1.36. The number of rotatable bonds is 6. The van der Waals surface area contributed by atoms with Crippen LogP contribution in [0.4, 0.5) is 0 Å². The molecule has 0 radical (unpaired) electrons. The van der Waals surface area contributed by atoms with Crippen molar-refractivity contribution < 1.29 is 22.7 Å². The Balaban J connectivity index is 2.25. The summed E-state index contributed by atoms with van der Waals surface area (Å²) >= 11 is 0. The highest BCUT2D eigenvalue weighted by Gasteiger charge is 2.33. The number of nitrogens with zero attached hydrogens (tertiary/aromatic N) is 1. The topological polar surface area (TPSA) is 84.9 Å². The lowest BCUT2D eigenvalue weighted by atomic mass is 9.99. The number of hydrogen-bond acceptors (Lipinski definition) is 5. The van der Waals surface area contributed by atoms with Crippen LogP contribution >= 0.6 is 0 Å². The zero-order chi connectivity index (χ0) is 17.7. The summed E-state index contributed by atoms with van der Waals surface area (Å²) in [5.41, 5.74) is 0. The van der Waals surface area contributed by atoms with Crippen molar-refractivity contribution in [2.75, 3.05) is 33.9 Å². The van der Waals surface area contributed by atoms with Gasteiger partial charge in [-0.05, 0) is 31.9 Å². The van der Waals surface area contributed by atoms with Gasteiger partial charge in [-0.25, -0.2) is 8.42 Å². The third kappa shape index (κ3) is 3.81. The molecule has 0 bridgehead atoms. The number of amides is 1. The van der Waals surface area contributed by atoms with Gasteiger partial charge in [0.05, 0.1) is 25.0 Å². The summed E-state index contributed by atoms with van der Waals surface area (Å²) in [6, 6.07) is 4.51. The molecule has 0 unspecified atom stereocenters. The van der Waals surface area contributed by atoms with E-state index in [9.17, 15) is 13.2 Å². The van der Waals surface area contributed by atoms with E-state index in [4.69, 9.17) is 9.47 Å². The van der Waals surface area contributed by atoms with E-state index >= 15 is 0 Å². The van der Waals surface area contributed by atoms with E-state index in [2.05, 4.69) is 5.32 Å². The van der Waals surface area contributed by atoms with Gasteiger partial charge in [0.25, 0.3) is 0 Å². The predicted molar refractivity (Wildman–Crippen MR) is 89.7 cm³/mol. The molecule has 1 saturated heterocycles. The van der Waals surface area contributed by atoms with E-state index < -0.39 is 10.0 Å². The molecule has 0 spiro atoms. The summed E-state index contributed by atoms with van der Waals surface area (Å²) in [6.45, 7) is 2.99. The Labute approximate surface area is 143 Å². The molecule has 1 aliphatic heterocycles. The Morgan fingerprint density at radius 2 is 2.00 bits per heavy atom. The first-order valence-electron chi connectivity index (χ1n) is 7.94. The molecule has 1 aromatic rings. The second-order valence-electron chi connectivity index (χ2n) is 5.61. The molecule has 1 aromatic carbocycles. The number of ether oxygens (including phenoxy) is 2. The summed E-state index contributed by atoms with van der Waals surface area (Å²) in [4.78, 5) is 12.2. The van der Waals surface area contributed by atoms with Crippen molar-refractivity contribution in [3.63, 3.8) is 0 Å². The number of sulfonamides is 1. The van der Waals surface area contributed by atoms with Gasteiger partial charge < -0.3 is 14.8 Å². The Hall–Kier alpha value is -1.80. The molecule has 8 heteroatoms. The quantitative estimate of drug-likeness (QED) is 0.829. The second kappa shape index (κ2) is 7.85. The van der Waals surface area contributed by atoms with Crippen LogP contribution in [0.3, 0.4) is 0 Å². The number of nitrogens with one attached hydrogen (secondary N) is 1. The van der Waals surface area contributed by atoms with Crippen LogP contribution in [0.1, 0.15) is 19.8 Å². The minimum absolute atomic E-state index is 0.0929. The monoisotopic (exact) mass is 356 g/mol. The van der Waals surface area contributed by atoms with Crippen LogP contribution in [0.25, 0.3) is 0 Å². The molecule has 134 valence electrons. The van der Waals surface area contributed by atoms with Crippen molar-refractivity contribution in [2.45, 2.75) is 24.7 Å². The van der Waals surface area contributed by atoms with E-state index in [1.807, 2.05) is 6.92 Å². The molecule has 2 rings (SSSR count). The lowest BCUT2D eigenvalue weighted by molar-refractivity contribution is -0.125. The normalized spacial score (nSPS) is 18.9. The third-order valence-electron chi connectivity index (χ3n) is 4.10. The SMILES string of the molecule is CCNC(=O)[C@H]1CCCN(S(=O)(=O)c2ccc(OC)c(OC)c2)C1. The van der Waals surface area contributed by atoms with Gasteiger partial charge >= 0.3 is 0 Å². The number of carbonyl (C=O) groups excluding carboxylic acids is 1. The van der Waals surface area contributed by atoms with Crippen molar-refractivity contribution in [1.82, 2.24) is 9.62 Å². The molecule has 1 amide bonds. The Morgan fingerprint density at radius 3 is 2.62 bits per heavy atom. The molecule has 1 N–H and O–H groups in total. The highest BCUT2D eigenvalue weighted by molar-refractivity contribution is 7.89. The maximum atomic E-state index is 12.9. The van der Waals surface area contributed by atoms with Gasteiger partial charge in [-0.1, -0.05) is 0 Å². The largest absolute Gasteiger partial charge is 0.493 e. The van der Waals surface area contributed by atoms with Gasteiger partial charge in [-0.2, -0.15) is 4.31 Å². The van der Waals surface area contributed by atoms with Crippen LogP contribution in [0, 0.1) is 5.92 Å². The van der Waals surface area contributed by atoms with Crippen LogP contribution in [0.15, 0.2) is 23.1 Å². The van der Waals surface area contributed by atoms with Crippen LogP contribution in [0.5, 0.6) is 11.5 Å². The molecule has 0 aliphatic carbocycles. The predicted octanol–water partition coefficient (Wildman–Crippen LogP) is 1.24. The van der Waals surface area contributed by atoms with E-state index in [1.54, 1.807) is 6.07 Å².